The van der Waals surface area contributed by atoms with Crippen molar-refractivity contribution >= 4 is 16.9 Å². The molecule has 2 N–H and O–H groups in total. The van der Waals surface area contributed by atoms with Crippen molar-refractivity contribution in [2.45, 2.75) is 51.2 Å². The molecule has 1 aromatic heterocycles. The Morgan fingerprint density at radius 1 is 1.21 bits per heavy atom. The molecular formula is C23H27FN4O. The summed E-state index contributed by atoms with van der Waals surface area (Å²) in [6.07, 6.45) is 4.10. The van der Waals surface area contributed by atoms with Gasteiger partial charge < -0.3 is 15.2 Å². The standard InChI is InChI=1S/C23H27FN4O/c1-2-28(23(29)22-26-20-8-3-4-9-21(20)27-22)19-7-5-6-18(14-19)25-15-16-10-12-17(24)13-11-16/h3-4,8-13,18-19,25H,2,5-7,14-15H2,1H3,(H,26,27)/t18-,19+/m1/s1. The quantitative estimate of drug-likeness (QED) is 0.657. The van der Waals surface area contributed by atoms with E-state index in [-0.39, 0.29) is 17.8 Å². The average Bonchev–Trinajstić information content (AvgIpc) is 3.18. The third kappa shape index (κ3) is 4.48. The molecule has 5 nitrogen and oxygen atoms in total. The minimum Gasteiger partial charge on any atom is -0.334 e. The fourth-order valence-electron chi connectivity index (χ4n) is 4.25. The van der Waals surface area contributed by atoms with Gasteiger partial charge in [0.2, 0.25) is 0 Å². The number of halogens is 1. The first-order valence-electron chi connectivity index (χ1n) is 10.4. The SMILES string of the molecule is CCN(C(=O)c1nc2ccccc2[nH]1)[C@H]1CCC[C@@H](NCc2ccc(F)cc2)C1. The van der Waals surface area contributed by atoms with Crippen molar-refractivity contribution in [3.05, 3.63) is 65.7 Å². The van der Waals surface area contributed by atoms with Crippen LogP contribution in [0.1, 0.15) is 48.8 Å². The summed E-state index contributed by atoms with van der Waals surface area (Å²) < 4.78 is 13.1. The zero-order chi connectivity index (χ0) is 20.2. The third-order valence-corrected chi connectivity index (χ3v) is 5.79. The number of aromatic nitrogens is 2. The molecule has 1 fully saturated rings. The summed E-state index contributed by atoms with van der Waals surface area (Å²) in [6, 6.07) is 14.9. The van der Waals surface area contributed by atoms with E-state index in [1.807, 2.05) is 48.2 Å². The highest BCUT2D eigenvalue weighted by Crippen LogP contribution is 2.25. The van der Waals surface area contributed by atoms with Crippen molar-refractivity contribution < 1.29 is 9.18 Å². The van der Waals surface area contributed by atoms with Gasteiger partial charge in [0.15, 0.2) is 5.82 Å². The van der Waals surface area contributed by atoms with Gasteiger partial charge in [-0.2, -0.15) is 0 Å². The second-order valence-corrected chi connectivity index (χ2v) is 7.72. The molecule has 1 aliphatic carbocycles. The van der Waals surface area contributed by atoms with E-state index in [0.717, 1.165) is 42.3 Å². The molecule has 152 valence electrons. The number of amides is 1. The van der Waals surface area contributed by atoms with E-state index in [4.69, 9.17) is 0 Å². The number of imidazole rings is 1. The number of H-pyrrole nitrogens is 1. The third-order valence-electron chi connectivity index (χ3n) is 5.79. The highest BCUT2D eigenvalue weighted by molar-refractivity contribution is 5.94. The lowest BCUT2D eigenvalue weighted by molar-refractivity contribution is 0.0617. The van der Waals surface area contributed by atoms with Crippen LogP contribution in [0.4, 0.5) is 4.39 Å². The van der Waals surface area contributed by atoms with Gasteiger partial charge in [0.25, 0.3) is 5.91 Å². The lowest BCUT2D eigenvalue weighted by atomic mass is 9.89. The highest BCUT2D eigenvalue weighted by Gasteiger charge is 2.30. The number of nitrogens with one attached hydrogen (secondary N) is 2. The lowest BCUT2D eigenvalue weighted by Crippen LogP contribution is -2.47. The number of nitrogens with zero attached hydrogens (tertiary/aromatic N) is 2. The molecule has 1 aliphatic rings. The minimum absolute atomic E-state index is 0.0344. The molecule has 2 aromatic carbocycles. The van der Waals surface area contributed by atoms with Gasteiger partial charge >= 0.3 is 0 Å². The summed E-state index contributed by atoms with van der Waals surface area (Å²) in [6.45, 7) is 3.39. The molecule has 1 saturated carbocycles. The number of benzene rings is 2. The Balaban J connectivity index is 1.41. The van der Waals surface area contributed by atoms with Crippen LogP contribution in [-0.2, 0) is 6.54 Å². The second kappa shape index (κ2) is 8.74. The van der Waals surface area contributed by atoms with Gasteiger partial charge in [0.05, 0.1) is 11.0 Å². The molecule has 0 spiro atoms. The Kier molecular flexibility index (Phi) is 5.90. The number of para-hydroxylation sites is 2. The Labute approximate surface area is 170 Å². The predicted octanol–water partition coefficient (Wildman–Crippen LogP) is 4.27. The van der Waals surface area contributed by atoms with Crippen LogP contribution in [0.15, 0.2) is 48.5 Å². The van der Waals surface area contributed by atoms with Crippen LogP contribution in [0.3, 0.4) is 0 Å². The first-order chi connectivity index (χ1) is 14.1. The molecule has 0 bridgehead atoms. The van der Waals surface area contributed by atoms with Gasteiger partial charge in [-0.05, 0) is 62.4 Å². The fraction of sp³-hybridized carbons (Fsp3) is 0.391. The van der Waals surface area contributed by atoms with Gasteiger partial charge in [0.1, 0.15) is 5.82 Å². The van der Waals surface area contributed by atoms with Crippen molar-refractivity contribution in [2.24, 2.45) is 0 Å². The number of aromatic amines is 1. The zero-order valence-electron chi connectivity index (χ0n) is 16.7. The van der Waals surface area contributed by atoms with Crippen molar-refractivity contribution in [1.29, 1.82) is 0 Å². The number of hydrogen-bond acceptors (Lipinski definition) is 3. The van der Waals surface area contributed by atoms with Crippen molar-refractivity contribution in [3.8, 4) is 0 Å². The molecule has 1 heterocycles. The lowest BCUT2D eigenvalue weighted by Gasteiger charge is -2.37. The summed E-state index contributed by atoms with van der Waals surface area (Å²) in [7, 11) is 0. The van der Waals surface area contributed by atoms with Crippen LogP contribution < -0.4 is 5.32 Å². The summed E-state index contributed by atoms with van der Waals surface area (Å²) in [5.74, 6) is 0.163. The number of hydrogen-bond donors (Lipinski definition) is 2. The van der Waals surface area contributed by atoms with Crippen LogP contribution in [0.25, 0.3) is 11.0 Å². The Hall–Kier alpha value is -2.73. The van der Waals surface area contributed by atoms with E-state index in [0.29, 0.717) is 25.0 Å². The average molecular weight is 394 g/mol. The second-order valence-electron chi connectivity index (χ2n) is 7.72. The van der Waals surface area contributed by atoms with Crippen LogP contribution >= 0.6 is 0 Å². The monoisotopic (exact) mass is 394 g/mol. The van der Waals surface area contributed by atoms with E-state index >= 15 is 0 Å². The number of carbonyl (C=O) groups excluding carboxylic acids is 1. The van der Waals surface area contributed by atoms with Crippen molar-refractivity contribution in [3.63, 3.8) is 0 Å². The van der Waals surface area contributed by atoms with E-state index < -0.39 is 0 Å². The summed E-state index contributed by atoms with van der Waals surface area (Å²) in [4.78, 5) is 22.7. The van der Waals surface area contributed by atoms with E-state index in [9.17, 15) is 9.18 Å². The van der Waals surface area contributed by atoms with Gasteiger partial charge in [-0.3, -0.25) is 4.79 Å². The van der Waals surface area contributed by atoms with Crippen LogP contribution in [0.2, 0.25) is 0 Å². The number of fused-ring (bicyclic) bond motifs is 1. The zero-order valence-corrected chi connectivity index (χ0v) is 16.7. The number of carbonyl (C=O) groups is 1. The van der Waals surface area contributed by atoms with E-state index in [2.05, 4.69) is 15.3 Å². The van der Waals surface area contributed by atoms with Crippen LogP contribution in [0, 0.1) is 5.82 Å². The van der Waals surface area contributed by atoms with Crippen molar-refractivity contribution in [2.75, 3.05) is 6.54 Å². The highest BCUT2D eigenvalue weighted by atomic mass is 19.1. The molecule has 2 atom stereocenters. The molecule has 0 radical (unpaired) electrons. The first-order valence-corrected chi connectivity index (χ1v) is 10.4. The molecule has 0 aliphatic heterocycles. The summed E-state index contributed by atoms with van der Waals surface area (Å²) in [5.41, 5.74) is 2.77. The first kappa shape index (κ1) is 19.6. The van der Waals surface area contributed by atoms with E-state index in [1.165, 1.54) is 12.1 Å². The topological polar surface area (TPSA) is 61.0 Å². The molecule has 1 amide bonds. The predicted molar refractivity (Wildman–Crippen MR) is 112 cm³/mol. The largest absolute Gasteiger partial charge is 0.334 e. The molecule has 4 rings (SSSR count). The fourth-order valence-corrected chi connectivity index (χ4v) is 4.25. The molecule has 0 unspecified atom stereocenters. The Morgan fingerprint density at radius 2 is 2.00 bits per heavy atom. The van der Waals surface area contributed by atoms with Gasteiger partial charge in [-0.1, -0.05) is 24.3 Å². The molecule has 3 aromatic rings. The maximum Gasteiger partial charge on any atom is 0.289 e. The van der Waals surface area contributed by atoms with E-state index in [1.54, 1.807) is 0 Å². The van der Waals surface area contributed by atoms with Gasteiger partial charge in [-0.25, -0.2) is 9.37 Å². The summed E-state index contributed by atoms with van der Waals surface area (Å²) in [5, 5.41) is 3.58. The Morgan fingerprint density at radius 3 is 2.76 bits per heavy atom. The molecular weight excluding hydrogens is 367 g/mol. The molecule has 29 heavy (non-hydrogen) atoms. The maximum absolute atomic E-state index is 13.1. The Bertz CT molecular complexity index is 935. The maximum atomic E-state index is 13.1. The number of rotatable bonds is 6. The van der Waals surface area contributed by atoms with Crippen LogP contribution in [-0.4, -0.2) is 39.4 Å². The normalized spacial score (nSPS) is 19.4. The van der Waals surface area contributed by atoms with Crippen LogP contribution in [0.5, 0.6) is 0 Å². The molecule has 0 saturated heterocycles. The van der Waals surface area contributed by atoms with Gasteiger partial charge in [0, 0.05) is 25.2 Å². The van der Waals surface area contributed by atoms with Crippen molar-refractivity contribution in [1.82, 2.24) is 20.2 Å². The van der Waals surface area contributed by atoms with Gasteiger partial charge in [-0.15, -0.1) is 0 Å². The summed E-state index contributed by atoms with van der Waals surface area (Å²) >= 11 is 0. The minimum atomic E-state index is -0.214. The smallest absolute Gasteiger partial charge is 0.289 e. The molecule has 6 heteroatoms.